The van der Waals surface area contributed by atoms with Gasteiger partial charge in [-0.05, 0) is 23.8 Å². The molecule has 0 bridgehead atoms. The quantitative estimate of drug-likeness (QED) is 0.891. The van der Waals surface area contributed by atoms with Gasteiger partial charge in [-0.25, -0.2) is 0 Å². The Morgan fingerprint density at radius 1 is 1.11 bits per heavy atom. The standard InChI is InChI=1S/C15H16BrNO/c1-18-11-15(12-6-3-2-4-7-12)17-14-9-5-8-13(16)10-14/h2-10,15,17H,11H2,1H3. The van der Waals surface area contributed by atoms with Crippen LogP contribution in [0.2, 0.25) is 0 Å². The Morgan fingerprint density at radius 3 is 2.56 bits per heavy atom. The van der Waals surface area contributed by atoms with Crippen molar-refractivity contribution in [1.82, 2.24) is 0 Å². The zero-order chi connectivity index (χ0) is 12.8. The van der Waals surface area contributed by atoms with Gasteiger partial charge in [0.05, 0.1) is 12.6 Å². The Kier molecular flexibility index (Phi) is 4.79. The molecule has 0 spiro atoms. The second kappa shape index (κ2) is 6.57. The third kappa shape index (κ3) is 3.59. The van der Waals surface area contributed by atoms with Gasteiger partial charge in [0.15, 0.2) is 0 Å². The lowest BCUT2D eigenvalue weighted by Crippen LogP contribution is -2.16. The summed E-state index contributed by atoms with van der Waals surface area (Å²) in [6, 6.07) is 18.6. The monoisotopic (exact) mass is 305 g/mol. The van der Waals surface area contributed by atoms with Crippen LogP contribution in [0.15, 0.2) is 59.1 Å². The summed E-state index contributed by atoms with van der Waals surface area (Å²) >= 11 is 3.48. The molecule has 18 heavy (non-hydrogen) atoms. The summed E-state index contributed by atoms with van der Waals surface area (Å²) in [7, 11) is 1.72. The number of rotatable bonds is 5. The molecule has 1 atom stereocenters. The van der Waals surface area contributed by atoms with Crippen LogP contribution >= 0.6 is 15.9 Å². The van der Waals surface area contributed by atoms with Gasteiger partial charge >= 0.3 is 0 Å². The van der Waals surface area contributed by atoms with Gasteiger partial charge in [-0.3, -0.25) is 0 Å². The Labute approximate surface area is 116 Å². The van der Waals surface area contributed by atoms with Gasteiger partial charge < -0.3 is 10.1 Å². The zero-order valence-electron chi connectivity index (χ0n) is 10.3. The number of hydrogen-bond donors (Lipinski definition) is 1. The van der Waals surface area contributed by atoms with Crippen LogP contribution in [0.4, 0.5) is 5.69 Å². The van der Waals surface area contributed by atoms with E-state index in [0.29, 0.717) is 6.61 Å². The van der Waals surface area contributed by atoms with Crippen LogP contribution < -0.4 is 5.32 Å². The number of methoxy groups -OCH3 is 1. The third-order valence-electron chi connectivity index (χ3n) is 2.70. The number of benzene rings is 2. The predicted octanol–water partition coefficient (Wildman–Crippen LogP) is 4.25. The van der Waals surface area contributed by atoms with Gasteiger partial charge in [0.25, 0.3) is 0 Å². The van der Waals surface area contributed by atoms with E-state index >= 15 is 0 Å². The first-order chi connectivity index (χ1) is 8.79. The number of nitrogens with one attached hydrogen (secondary N) is 1. The van der Waals surface area contributed by atoms with Crippen LogP contribution in [0.1, 0.15) is 11.6 Å². The maximum atomic E-state index is 5.29. The topological polar surface area (TPSA) is 21.3 Å². The van der Waals surface area contributed by atoms with Crippen molar-refractivity contribution in [2.75, 3.05) is 19.0 Å². The van der Waals surface area contributed by atoms with Crippen LogP contribution in [-0.4, -0.2) is 13.7 Å². The molecule has 2 aromatic rings. The van der Waals surface area contributed by atoms with E-state index in [9.17, 15) is 0 Å². The largest absolute Gasteiger partial charge is 0.382 e. The summed E-state index contributed by atoms with van der Waals surface area (Å²) in [5.74, 6) is 0. The van der Waals surface area contributed by atoms with Crippen LogP contribution in [0.3, 0.4) is 0 Å². The zero-order valence-corrected chi connectivity index (χ0v) is 11.9. The molecule has 0 saturated carbocycles. The summed E-state index contributed by atoms with van der Waals surface area (Å²) in [6.45, 7) is 0.635. The number of hydrogen-bond acceptors (Lipinski definition) is 2. The van der Waals surface area contributed by atoms with Crippen molar-refractivity contribution in [3.8, 4) is 0 Å². The Morgan fingerprint density at radius 2 is 1.89 bits per heavy atom. The molecule has 2 aromatic carbocycles. The van der Waals surface area contributed by atoms with Gasteiger partial charge in [-0.2, -0.15) is 0 Å². The molecule has 0 saturated heterocycles. The average molecular weight is 306 g/mol. The van der Waals surface area contributed by atoms with Gasteiger partial charge in [-0.1, -0.05) is 52.3 Å². The van der Waals surface area contributed by atoms with E-state index in [4.69, 9.17) is 4.74 Å². The normalized spacial score (nSPS) is 12.1. The van der Waals surface area contributed by atoms with Crippen molar-refractivity contribution in [2.24, 2.45) is 0 Å². The summed E-state index contributed by atoms with van der Waals surface area (Å²) in [4.78, 5) is 0. The minimum Gasteiger partial charge on any atom is -0.382 e. The van der Waals surface area contributed by atoms with Gasteiger partial charge in [-0.15, -0.1) is 0 Å². The molecule has 0 aliphatic rings. The molecule has 0 aromatic heterocycles. The highest BCUT2D eigenvalue weighted by Gasteiger charge is 2.10. The van der Waals surface area contributed by atoms with Crippen LogP contribution in [0.5, 0.6) is 0 Å². The molecule has 0 fully saturated rings. The molecule has 0 aliphatic carbocycles. The molecule has 0 amide bonds. The molecule has 1 N–H and O–H groups in total. The lowest BCUT2D eigenvalue weighted by atomic mass is 10.1. The van der Waals surface area contributed by atoms with Crippen molar-refractivity contribution >= 4 is 21.6 Å². The fourth-order valence-corrected chi connectivity index (χ4v) is 2.25. The van der Waals surface area contributed by atoms with Crippen LogP contribution in [0.25, 0.3) is 0 Å². The Balaban J connectivity index is 2.16. The maximum Gasteiger partial charge on any atom is 0.0747 e. The first kappa shape index (κ1) is 13.1. The van der Waals surface area contributed by atoms with Crippen LogP contribution in [0, 0.1) is 0 Å². The molecule has 2 nitrogen and oxygen atoms in total. The van der Waals surface area contributed by atoms with Crippen LogP contribution in [-0.2, 0) is 4.74 Å². The number of halogens is 1. The van der Waals surface area contributed by atoms with Gasteiger partial charge in [0.2, 0.25) is 0 Å². The van der Waals surface area contributed by atoms with Crippen molar-refractivity contribution in [2.45, 2.75) is 6.04 Å². The predicted molar refractivity (Wildman–Crippen MR) is 78.8 cm³/mol. The Hall–Kier alpha value is -1.32. The van der Waals surface area contributed by atoms with E-state index < -0.39 is 0 Å². The highest BCUT2D eigenvalue weighted by molar-refractivity contribution is 9.10. The van der Waals surface area contributed by atoms with Gasteiger partial charge in [0.1, 0.15) is 0 Å². The lowest BCUT2D eigenvalue weighted by molar-refractivity contribution is 0.186. The summed E-state index contributed by atoms with van der Waals surface area (Å²) in [5, 5.41) is 3.48. The highest BCUT2D eigenvalue weighted by atomic mass is 79.9. The smallest absolute Gasteiger partial charge is 0.0747 e. The third-order valence-corrected chi connectivity index (χ3v) is 3.19. The molecule has 0 aliphatic heterocycles. The maximum absolute atomic E-state index is 5.29. The highest BCUT2D eigenvalue weighted by Crippen LogP contribution is 2.22. The summed E-state index contributed by atoms with van der Waals surface area (Å²) in [5.41, 5.74) is 2.30. The first-order valence-electron chi connectivity index (χ1n) is 5.85. The Bertz CT molecular complexity index is 487. The molecule has 0 radical (unpaired) electrons. The molecule has 1 unspecified atom stereocenters. The number of anilines is 1. The number of ether oxygens (including phenoxy) is 1. The van der Waals surface area contributed by atoms with Crippen molar-refractivity contribution in [3.63, 3.8) is 0 Å². The summed E-state index contributed by atoms with van der Waals surface area (Å²) in [6.07, 6.45) is 0. The minimum absolute atomic E-state index is 0.158. The molecule has 2 rings (SSSR count). The molecule has 0 heterocycles. The average Bonchev–Trinajstić information content (AvgIpc) is 2.39. The fourth-order valence-electron chi connectivity index (χ4n) is 1.85. The second-order valence-electron chi connectivity index (χ2n) is 4.07. The summed E-state index contributed by atoms with van der Waals surface area (Å²) < 4.78 is 6.35. The van der Waals surface area contributed by atoms with Crippen molar-refractivity contribution in [3.05, 3.63) is 64.6 Å². The van der Waals surface area contributed by atoms with Crippen molar-refractivity contribution in [1.29, 1.82) is 0 Å². The van der Waals surface area contributed by atoms with E-state index in [-0.39, 0.29) is 6.04 Å². The minimum atomic E-state index is 0.158. The second-order valence-corrected chi connectivity index (χ2v) is 4.99. The van der Waals surface area contributed by atoms with E-state index in [1.165, 1.54) is 5.56 Å². The van der Waals surface area contributed by atoms with Crippen molar-refractivity contribution < 1.29 is 4.74 Å². The molecular formula is C15H16BrNO. The van der Waals surface area contributed by atoms with E-state index in [1.54, 1.807) is 7.11 Å². The fraction of sp³-hybridized carbons (Fsp3) is 0.200. The first-order valence-corrected chi connectivity index (χ1v) is 6.65. The lowest BCUT2D eigenvalue weighted by Gasteiger charge is -2.19. The SMILES string of the molecule is COCC(Nc1cccc(Br)c1)c1ccccc1. The molecule has 3 heteroatoms. The van der Waals surface area contributed by atoms with E-state index in [1.807, 2.05) is 30.3 Å². The molecule has 94 valence electrons. The van der Waals surface area contributed by atoms with Gasteiger partial charge in [0, 0.05) is 17.3 Å². The van der Waals surface area contributed by atoms with E-state index in [0.717, 1.165) is 10.2 Å². The van der Waals surface area contributed by atoms with E-state index in [2.05, 4.69) is 45.5 Å². The molecular weight excluding hydrogens is 290 g/mol.